The number of halogens is 1. The van der Waals surface area contributed by atoms with Crippen molar-refractivity contribution in [1.29, 1.82) is 0 Å². The molecular weight excluding hydrogens is 528 g/mol. The number of methoxy groups -OCH3 is 2. The average molecular weight is 559 g/mol. The molecule has 3 aliphatic rings. The fourth-order valence-corrected chi connectivity index (χ4v) is 5.21. The number of nitrogens with zero attached hydrogens (tertiary/aromatic N) is 5. The summed E-state index contributed by atoms with van der Waals surface area (Å²) >= 11 is 6.28. The lowest BCUT2D eigenvalue weighted by Gasteiger charge is -2.36. The highest BCUT2D eigenvalue weighted by atomic mass is 35.5. The van der Waals surface area contributed by atoms with E-state index in [4.69, 9.17) is 30.7 Å². The van der Waals surface area contributed by atoms with Gasteiger partial charge in [0.2, 0.25) is 0 Å². The van der Waals surface area contributed by atoms with E-state index in [1.54, 1.807) is 47.5 Å². The highest BCUT2D eigenvalue weighted by Crippen LogP contribution is 2.36. The Bertz CT molecular complexity index is 1240. The first-order valence-corrected chi connectivity index (χ1v) is 13.1. The SMILES string of the molecule is COc1ccc(OC)c(NC(=O)ON2CCC3(CC2)CC(C(=O)N2CCN(c4ncccc4Cl)CC2)=NO3)c1. The quantitative estimate of drug-likeness (QED) is 0.570. The molecule has 4 heterocycles. The van der Waals surface area contributed by atoms with Crippen LogP contribution in [0.4, 0.5) is 16.3 Å². The smallest absolute Gasteiger partial charge is 0.430 e. The Morgan fingerprint density at radius 3 is 2.51 bits per heavy atom. The summed E-state index contributed by atoms with van der Waals surface area (Å²) in [5, 5.41) is 9.04. The Kier molecular flexibility index (Phi) is 7.94. The molecule has 2 fully saturated rings. The van der Waals surface area contributed by atoms with Crippen molar-refractivity contribution in [3.05, 3.63) is 41.6 Å². The van der Waals surface area contributed by atoms with E-state index in [1.807, 2.05) is 6.07 Å². The summed E-state index contributed by atoms with van der Waals surface area (Å²) < 4.78 is 10.5. The molecule has 2 aromatic rings. The van der Waals surface area contributed by atoms with Crippen molar-refractivity contribution in [2.45, 2.75) is 24.9 Å². The molecule has 0 unspecified atom stereocenters. The van der Waals surface area contributed by atoms with Crippen molar-refractivity contribution in [3.63, 3.8) is 0 Å². The molecule has 13 heteroatoms. The molecule has 2 amide bonds. The van der Waals surface area contributed by atoms with Crippen LogP contribution in [-0.4, -0.2) is 91.7 Å². The van der Waals surface area contributed by atoms with Crippen LogP contribution in [-0.2, 0) is 14.5 Å². The summed E-state index contributed by atoms with van der Waals surface area (Å²) in [5.41, 5.74) is 0.298. The Balaban J connectivity index is 1.08. The largest absolute Gasteiger partial charge is 0.497 e. The molecule has 3 aliphatic heterocycles. The van der Waals surface area contributed by atoms with Crippen molar-refractivity contribution in [2.24, 2.45) is 5.16 Å². The van der Waals surface area contributed by atoms with Gasteiger partial charge in [0, 0.05) is 70.8 Å². The Labute approximate surface area is 231 Å². The molecule has 1 spiro atoms. The second-order valence-corrected chi connectivity index (χ2v) is 9.98. The molecule has 208 valence electrons. The molecular formula is C26H31ClN6O6. The van der Waals surface area contributed by atoms with Gasteiger partial charge in [0.1, 0.15) is 28.6 Å². The predicted molar refractivity (Wildman–Crippen MR) is 144 cm³/mol. The third-order valence-electron chi connectivity index (χ3n) is 7.18. The van der Waals surface area contributed by atoms with Crippen LogP contribution in [0.3, 0.4) is 0 Å². The molecule has 1 aromatic heterocycles. The molecule has 1 aromatic carbocycles. The third-order valence-corrected chi connectivity index (χ3v) is 7.48. The molecule has 0 saturated carbocycles. The fraction of sp³-hybridized carbons (Fsp3) is 0.462. The number of nitrogens with one attached hydrogen (secondary N) is 1. The number of piperazine rings is 1. The second kappa shape index (κ2) is 11.5. The maximum Gasteiger partial charge on any atom is 0.430 e. The number of carbonyl (C=O) groups is 2. The van der Waals surface area contributed by atoms with Crippen LogP contribution in [0.15, 0.2) is 41.7 Å². The van der Waals surface area contributed by atoms with E-state index in [1.165, 1.54) is 7.11 Å². The summed E-state index contributed by atoms with van der Waals surface area (Å²) in [5.74, 6) is 1.69. The number of aromatic nitrogens is 1. The van der Waals surface area contributed by atoms with Crippen LogP contribution < -0.4 is 19.7 Å². The molecule has 39 heavy (non-hydrogen) atoms. The minimum absolute atomic E-state index is 0.107. The minimum atomic E-state index is -0.636. The van der Waals surface area contributed by atoms with E-state index >= 15 is 0 Å². The number of anilines is 2. The van der Waals surface area contributed by atoms with Crippen LogP contribution in [0.1, 0.15) is 19.3 Å². The van der Waals surface area contributed by atoms with Gasteiger partial charge in [-0.2, -0.15) is 0 Å². The fourth-order valence-electron chi connectivity index (χ4n) is 4.97. The predicted octanol–water partition coefficient (Wildman–Crippen LogP) is 3.18. The molecule has 0 atom stereocenters. The number of hydrogen-bond donors (Lipinski definition) is 1. The van der Waals surface area contributed by atoms with E-state index < -0.39 is 11.7 Å². The van der Waals surface area contributed by atoms with Gasteiger partial charge < -0.3 is 28.9 Å². The number of amides is 2. The Morgan fingerprint density at radius 1 is 1.05 bits per heavy atom. The van der Waals surface area contributed by atoms with E-state index in [9.17, 15) is 9.59 Å². The maximum absolute atomic E-state index is 13.2. The maximum atomic E-state index is 13.2. The molecule has 1 N–H and O–H groups in total. The van der Waals surface area contributed by atoms with Gasteiger partial charge in [-0.1, -0.05) is 16.8 Å². The summed E-state index contributed by atoms with van der Waals surface area (Å²) in [7, 11) is 3.06. The van der Waals surface area contributed by atoms with E-state index in [0.29, 0.717) is 86.5 Å². The van der Waals surface area contributed by atoms with Gasteiger partial charge in [0.25, 0.3) is 5.91 Å². The van der Waals surface area contributed by atoms with Crippen LogP contribution in [0.25, 0.3) is 0 Å². The lowest BCUT2D eigenvalue weighted by Crippen LogP contribution is -2.51. The van der Waals surface area contributed by atoms with Gasteiger partial charge in [-0.25, -0.2) is 9.78 Å². The molecule has 5 rings (SSSR count). The van der Waals surface area contributed by atoms with Crippen LogP contribution in [0, 0.1) is 0 Å². The van der Waals surface area contributed by atoms with Gasteiger partial charge in [-0.3, -0.25) is 10.1 Å². The highest BCUT2D eigenvalue weighted by Gasteiger charge is 2.45. The molecule has 0 radical (unpaired) electrons. The Hall–Kier alpha value is -3.77. The van der Waals surface area contributed by atoms with Gasteiger partial charge in [0.05, 0.1) is 24.9 Å². The third kappa shape index (κ3) is 5.96. The van der Waals surface area contributed by atoms with Crippen molar-refractivity contribution < 1.29 is 28.7 Å². The number of oxime groups is 1. The van der Waals surface area contributed by atoms with Crippen molar-refractivity contribution in [1.82, 2.24) is 14.9 Å². The van der Waals surface area contributed by atoms with E-state index in [0.717, 1.165) is 5.82 Å². The van der Waals surface area contributed by atoms with E-state index in [-0.39, 0.29) is 5.91 Å². The van der Waals surface area contributed by atoms with Gasteiger partial charge in [0.15, 0.2) is 0 Å². The number of benzene rings is 1. The van der Waals surface area contributed by atoms with Crippen molar-refractivity contribution in [2.75, 3.05) is 63.7 Å². The summed E-state index contributed by atoms with van der Waals surface area (Å²) in [4.78, 5) is 45.2. The molecule has 12 nitrogen and oxygen atoms in total. The standard InChI is InChI=1S/C26H31ClN6O6/c1-36-18-5-6-22(37-2)20(16-18)29-25(35)38-33-10-7-26(8-11-33)17-21(30-39-26)24(34)32-14-12-31(13-15-32)23-19(27)4-3-9-28-23/h3-6,9,16H,7-8,10-15,17H2,1-2H3,(H,29,35). The zero-order valence-electron chi connectivity index (χ0n) is 21.9. The van der Waals surface area contributed by atoms with E-state index in [2.05, 4.69) is 20.4 Å². The highest BCUT2D eigenvalue weighted by molar-refractivity contribution is 6.39. The summed E-state index contributed by atoms with van der Waals surface area (Å²) in [6.45, 7) is 3.26. The van der Waals surface area contributed by atoms with Crippen LogP contribution in [0.5, 0.6) is 11.5 Å². The van der Waals surface area contributed by atoms with Gasteiger partial charge in [-0.15, -0.1) is 5.06 Å². The second-order valence-electron chi connectivity index (χ2n) is 9.58. The number of ether oxygens (including phenoxy) is 2. The lowest BCUT2D eigenvalue weighted by molar-refractivity contribution is -0.154. The number of piperidine rings is 1. The normalized spacial score (nSPS) is 18.8. The topological polar surface area (TPSA) is 118 Å². The summed E-state index contributed by atoms with van der Waals surface area (Å²) in [6, 6.07) is 8.70. The number of pyridine rings is 1. The number of hydroxylamine groups is 2. The zero-order valence-corrected chi connectivity index (χ0v) is 22.6. The van der Waals surface area contributed by atoms with Crippen molar-refractivity contribution in [3.8, 4) is 11.5 Å². The number of carbonyl (C=O) groups excluding carboxylic acids is 2. The number of hydrogen-bond acceptors (Lipinski definition) is 10. The monoisotopic (exact) mass is 558 g/mol. The lowest BCUT2D eigenvalue weighted by atomic mass is 9.87. The minimum Gasteiger partial charge on any atom is -0.497 e. The van der Waals surface area contributed by atoms with Crippen molar-refractivity contribution >= 4 is 40.8 Å². The Morgan fingerprint density at radius 2 is 1.82 bits per heavy atom. The summed E-state index contributed by atoms with van der Waals surface area (Å²) in [6.07, 6.45) is 2.63. The number of rotatable bonds is 6. The molecule has 0 bridgehead atoms. The van der Waals surface area contributed by atoms with Crippen LogP contribution >= 0.6 is 11.6 Å². The first-order valence-electron chi connectivity index (χ1n) is 12.8. The molecule has 2 saturated heterocycles. The van der Waals surface area contributed by atoms with Crippen LogP contribution in [0.2, 0.25) is 5.02 Å². The first-order chi connectivity index (χ1) is 18.9. The van der Waals surface area contributed by atoms with Gasteiger partial charge in [-0.05, 0) is 24.3 Å². The zero-order chi connectivity index (χ0) is 27.4. The van der Waals surface area contributed by atoms with Gasteiger partial charge >= 0.3 is 6.09 Å². The first kappa shape index (κ1) is 26.8. The molecule has 0 aliphatic carbocycles. The average Bonchev–Trinajstić information content (AvgIpc) is 3.38.